The van der Waals surface area contributed by atoms with Crippen molar-refractivity contribution in [1.29, 1.82) is 0 Å². The van der Waals surface area contributed by atoms with Crippen molar-refractivity contribution in [2.45, 2.75) is 12.5 Å². The lowest BCUT2D eigenvalue weighted by Crippen LogP contribution is -2.60. The first-order valence-corrected chi connectivity index (χ1v) is 9.71. The van der Waals surface area contributed by atoms with E-state index in [1.165, 1.54) is 7.11 Å². The average molecular weight is 505 g/mol. The fourth-order valence-electron chi connectivity index (χ4n) is 2.50. The standard InChI is InChI=1S/C17H20IN3O5S/c1-25-8-9-26-14(22)10-13-16(24)19-6-7-21(13)17(27)20-15(23)11-4-2-3-5-12(11)18/h2-5,13H,6-10H2,1H3,(H,19,24)(H,20,23,27). The van der Waals surface area contributed by atoms with Crippen molar-refractivity contribution < 1.29 is 23.9 Å². The van der Waals surface area contributed by atoms with E-state index in [-0.39, 0.29) is 36.6 Å². The Morgan fingerprint density at radius 1 is 1.37 bits per heavy atom. The molecule has 0 radical (unpaired) electrons. The van der Waals surface area contributed by atoms with E-state index in [0.717, 1.165) is 3.57 Å². The summed E-state index contributed by atoms with van der Waals surface area (Å²) in [5.41, 5.74) is 0.484. The molecule has 8 nitrogen and oxygen atoms in total. The predicted octanol–water partition coefficient (Wildman–Crippen LogP) is 0.686. The van der Waals surface area contributed by atoms with Crippen molar-refractivity contribution in [3.63, 3.8) is 0 Å². The van der Waals surface area contributed by atoms with Gasteiger partial charge in [0.25, 0.3) is 5.91 Å². The van der Waals surface area contributed by atoms with Crippen molar-refractivity contribution in [1.82, 2.24) is 15.5 Å². The van der Waals surface area contributed by atoms with Gasteiger partial charge in [0.05, 0.1) is 18.6 Å². The summed E-state index contributed by atoms with van der Waals surface area (Å²) in [7, 11) is 1.50. The van der Waals surface area contributed by atoms with Crippen molar-refractivity contribution in [3.05, 3.63) is 33.4 Å². The second-order valence-electron chi connectivity index (χ2n) is 5.66. The van der Waals surface area contributed by atoms with Gasteiger partial charge < -0.3 is 19.7 Å². The highest BCUT2D eigenvalue weighted by atomic mass is 127. The molecule has 10 heteroatoms. The summed E-state index contributed by atoms with van der Waals surface area (Å²) in [6.45, 7) is 1.13. The lowest BCUT2D eigenvalue weighted by Gasteiger charge is -2.36. The van der Waals surface area contributed by atoms with Crippen LogP contribution < -0.4 is 10.6 Å². The van der Waals surface area contributed by atoms with E-state index in [4.69, 9.17) is 21.7 Å². The second kappa shape index (κ2) is 10.5. The molecule has 1 aromatic carbocycles. The molecule has 2 amide bonds. The molecule has 1 atom stereocenters. The third kappa shape index (κ3) is 6.11. The normalized spacial score (nSPS) is 16.4. The topological polar surface area (TPSA) is 97.0 Å². The van der Waals surface area contributed by atoms with Crippen LogP contribution in [0.1, 0.15) is 16.8 Å². The minimum Gasteiger partial charge on any atom is -0.463 e. The second-order valence-corrected chi connectivity index (χ2v) is 7.21. The first kappa shape index (κ1) is 21.5. The van der Waals surface area contributed by atoms with Gasteiger partial charge in [-0.25, -0.2) is 0 Å². The van der Waals surface area contributed by atoms with Crippen molar-refractivity contribution in [3.8, 4) is 0 Å². The smallest absolute Gasteiger partial charge is 0.308 e. The molecule has 146 valence electrons. The summed E-state index contributed by atoms with van der Waals surface area (Å²) >= 11 is 7.38. The van der Waals surface area contributed by atoms with E-state index in [1.54, 1.807) is 17.0 Å². The highest BCUT2D eigenvalue weighted by molar-refractivity contribution is 14.1. The molecule has 0 saturated carbocycles. The maximum absolute atomic E-state index is 12.5. The molecule has 1 fully saturated rings. The van der Waals surface area contributed by atoms with Crippen LogP contribution in [-0.4, -0.2) is 67.3 Å². The monoisotopic (exact) mass is 505 g/mol. The number of carbonyl (C=O) groups excluding carboxylic acids is 3. The number of hydrogen-bond acceptors (Lipinski definition) is 6. The Kier molecular flexibility index (Phi) is 8.38. The first-order valence-electron chi connectivity index (χ1n) is 8.22. The first-order chi connectivity index (χ1) is 12.9. The number of nitrogens with zero attached hydrogens (tertiary/aromatic N) is 1. The molecule has 1 heterocycles. The van der Waals surface area contributed by atoms with E-state index >= 15 is 0 Å². The predicted molar refractivity (Wildman–Crippen MR) is 110 cm³/mol. The van der Waals surface area contributed by atoms with Crippen LogP contribution in [0.15, 0.2) is 24.3 Å². The van der Waals surface area contributed by atoms with Crippen LogP contribution >= 0.6 is 34.8 Å². The Labute approximate surface area is 176 Å². The zero-order valence-corrected chi connectivity index (χ0v) is 17.7. The molecule has 1 aliphatic heterocycles. The van der Waals surface area contributed by atoms with Gasteiger partial charge in [-0.1, -0.05) is 12.1 Å². The number of piperazine rings is 1. The molecular formula is C17H20IN3O5S. The summed E-state index contributed by atoms with van der Waals surface area (Å²) in [5, 5.41) is 5.44. The van der Waals surface area contributed by atoms with Crippen molar-refractivity contribution >= 4 is 57.7 Å². The molecule has 0 aromatic heterocycles. The van der Waals surface area contributed by atoms with Gasteiger partial charge in [-0.05, 0) is 46.9 Å². The summed E-state index contributed by atoms with van der Waals surface area (Å²) in [6.07, 6.45) is -0.172. The van der Waals surface area contributed by atoms with Crippen LogP contribution in [-0.2, 0) is 19.1 Å². The maximum Gasteiger partial charge on any atom is 0.308 e. The highest BCUT2D eigenvalue weighted by Crippen LogP contribution is 2.13. The number of ether oxygens (including phenoxy) is 2. The fraction of sp³-hybridized carbons (Fsp3) is 0.412. The number of esters is 1. The van der Waals surface area contributed by atoms with Crippen LogP contribution in [0, 0.1) is 3.57 Å². The number of carbonyl (C=O) groups is 3. The van der Waals surface area contributed by atoms with Crippen LogP contribution in [0.3, 0.4) is 0 Å². The quantitative estimate of drug-likeness (QED) is 0.254. The van der Waals surface area contributed by atoms with E-state index in [1.807, 2.05) is 12.1 Å². The number of rotatable bonds is 6. The average Bonchev–Trinajstić information content (AvgIpc) is 2.63. The third-order valence-electron chi connectivity index (χ3n) is 3.84. The van der Waals surface area contributed by atoms with Crippen LogP contribution in [0.2, 0.25) is 0 Å². The number of hydrogen-bond donors (Lipinski definition) is 2. The number of thiocarbonyl (C=S) groups is 1. The van der Waals surface area contributed by atoms with Gasteiger partial charge in [0.1, 0.15) is 12.6 Å². The summed E-state index contributed by atoms with van der Waals surface area (Å²) in [6, 6.07) is 6.25. The largest absolute Gasteiger partial charge is 0.463 e. The van der Waals surface area contributed by atoms with Gasteiger partial charge >= 0.3 is 5.97 Å². The van der Waals surface area contributed by atoms with Gasteiger partial charge in [-0.15, -0.1) is 0 Å². The Morgan fingerprint density at radius 2 is 2.11 bits per heavy atom. The van der Waals surface area contributed by atoms with Gasteiger partial charge in [0.15, 0.2) is 5.11 Å². The Morgan fingerprint density at radius 3 is 2.81 bits per heavy atom. The van der Waals surface area contributed by atoms with Gasteiger partial charge in [0.2, 0.25) is 5.91 Å². The van der Waals surface area contributed by atoms with E-state index in [0.29, 0.717) is 18.7 Å². The number of halogens is 1. The van der Waals surface area contributed by atoms with Gasteiger partial charge in [-0.3, -0.25) is 19.7 Å². The molecule has 2 rings (SSSR count). The molecule has 1 aromatic rings. The lowest BCUT2D eigenvalue weighted by atomic mass is 10.1. The summed E-state index contributed by atoms with van der Waals surface area (Å²) in [5.74, 6) is -1.24. The summed E-state index contributed by atoms with van der Waals surface area (Å²) in [4.78, 5) is 38.2. The Bertz CT molecular complexity index is 730. The van der Waals surface area contributed by atoms with Crippen molar-refractivity contribution in [2.24, 2.45) is 0 Å². The molecule has 1 saturated heterocycles. The van der Waals surface area contributed by atoms with Crippen LogP contribution in [0.5, 0.6) is 0 Å². The third-order valence-corrected chi connectivity index (χ3v) is 5.12. The van der Waals surface area contributed by atoms with Gasteiger partial charge in [0, 0.05) is 23.8 Å². The Hall–Kier alpha value is -1.79. The highest BCUT2D eigenvalue weighted by Gasteiger charge is 2.34. The minimum atomic E-state index is -0.837. The Balaban J connectivity index is 2.03. The molecule has 0 bridgehead atoms. The van der Waals surface area contributed by atoms with Crippen LogP contribution in [0.4, 0.5) is 0 Å². The molecule has 2 N–H and O–H groups in total. The zero-order valence-electron chi connectivity index (χ0n) is 14.7. The number of amides is 2. The van der Waals surface area contributed by atoms with Crippen LogP contribution in [0.25, 0.3) is 0 Å². The van der Waals surface area contributed by atoms with E-state index < -0.39 is 12.0 Å². The van der Waals surface area contributed by atoms with Gasteiger partial charge in [-0.2, -0.15) is 0 Å². The van der Waals surface area contributed by atoms with E-state index in [9.17, 15) is 14.4 Å². The summed E-state index contributed by atoms with van der Waals surface area (Å²) < 4.78 is 10.6. The fourth-order valence-corrected chi connectivity index (χ4v) is 3.44. The number of benzene rings is 1. The molecular weight excluding hydrogens is 485 g/mol. The molecule has 0 aliphatic carbocycles. The SMILES string of the molecule is COCCOC(=O)CC1C(=O)NCCN1C(=S)NC(=O)c1ccccc1I. The molecule has 1 unspecified atom stereocenters. The maximum atomic E-state index is 12.5. The minimum absolute atomic E-state index is 0.101. The molecule has 27 heavy (non-hydrogen) atoms. The van der Waals surface area contributed by atoms with Crippen molar-refractivity contribution in [2.75, 3.05) is 33.4 Å². The molecule has 0 spiro atoms. The van der Waals surface area contributed by atoms with E-state index in [2.05, 4.69) is 33.2 Å². The zero-order chi connectivity index (χ0) is 19.8. The number of methoxy groups -OCH3 is 1. The molecule has 1 aliphatic rings. The number of nitrogens with one attached hydrogen (secondary N) is 2. The lowest BCUT2D eigenvalue weighted by molar-refractivity contribution is -0.148.